The van der Waals surface area contributed by atoms with Gasteiger partial charge in [-0.05, 0) is 67.3 Å². The molecular weight excluding hydrogens is 490 g/mol. The average molecular weight is 524 g/mol. The van der Waals surface area contributed by atoms with Gasteiger partial charge in [0.2, 0.25) is 11.8 Å². The summed E-state index contributed by atoms with van der Waals surface area (Å²) >= 11 is 0. The number of nitrogens with zero attached hydrogens (tertiary/aromatic N) is 1. The number of aromatic nitrogens is 1. The van der Waals surface area contributed by atoms with Crippen molar-refractivity contribution in [3.05, 3.63) is 101 Å². The zero-order valence-electron chi connectivity index (χ0n) is 22.2. The number of carbonyl (C=O) groups is 3. The molecule has 5 N–H and O–H groups in total. The Morgan fingerprint density at radius 1 is 1.00 bits per heavy atom. The van der Waals surface area contributed by atoms with E-state index in [9.17, 15) is 14.4 Å². The molecular formula is C31H33N5O3. The second-order valence-corrected chi connectivity index (χ2v) is 10.6. The van der Waals surface area contributed by atoms with Gasteiger partial charge in [0.25, 0.3) is 5.91 Å². The summed E-state index contributed by atoms with van der Waals surface area (Å²) in [7, 11) is 0. The topological polar surface area (TPSA) is 120 Å². The summed E-state index contributed by atoms with van der Waals surface area (Å²) in [6.45, 7) is 4.17. The number of fused-ring (bicyclic) bond motifs is 2. The molecule has 0 aliphatic carbocycles. The summed E-state index contributed by atoms with van der Waals surface area (Å²) in [5, 5.41) is 6.87. The molecule has 3 amide bonds. The summed E-state index contributed by atoms with van der Waals surface area (Å²) < 4.78 is 0. The number of hydrogen-bond donors (Lipinski definition) is 4. The molecule has 0 bridgehead atoms. The van der Waals surface area contributed by atoms with Crippen molar-refractivity contribution in [2.75, 3.05) is 11.9 Å². The molecule has 39 heavy (non-hydrogen) atoms. The Bertz CT molecular complexity index is 1520. The molecule has 1 atom stereocenters. The molecule has 0 spiro atoms. The number of nitrogens with two attached hydrogens (primary N) is 1. The molecule has 0 unspecified atom stereocenters. The van der Waals surface area contributed by atoms with Gasteiger partial charge >= 0.3 is 0 Å². The van der Waals surface area contributed by atoms with E-state index in [-0.39, 0.29) is 17.7 Å². The summed E-state index contributed by atoms with van der Waals surface area (Å²) in [6, 6.07) is 22.0. The third kappa shape index (κ3) is 5.86. The first-order valence-electron chi connectivity index (χ1n) is 13.1. The Kier molecular flexibility index (Phi) is 7.21. The molecule has 200 valence electrons. The SMILES string of the molecule is CC(C)(N)C(=O)N[C@H](Cc1c[nH]c2ccccc12)C(=O)N1CCc2ccc(NC(=O)c3ccccc3)cc2C1. The maximum atomic E-state index is 13.9. The minimum Gasteiger partial charge on any atom is -0.361 e. The van der Waals surface area contributed by atoms with Gasteiger partial charge in [0.1, 0.15) is 6.04 Å². The van der Waals surface area contributed by atoms with Gasteiger partial charge in [0.15, 0.2) is 0 Å². The van der Waals surface area contributed by atoms with Gasteiger partial charge in [-0.25, -0.2) is 0 Å². The Hall–Kier alpha value is -4.43. The highest BCUT2D eigenvalue weighted by Gasteiger charge is 2.32. The first-order valence-corrected chi connectivity index (χ1v) is 13.1. The van der Waals surface area contributed by atoms with E-state index >= 15 is 0 Å². The number of para-hydroxylation sites is 1. The summed E-state index contributed by atoms with van der Waals surface area (Å²) in [5.74, 6) is -0.739. The van der Waals surface area contributed by atoms with Gasteiger partial charge in [0.05, 0.1) is 5.54 Å². The molecule has 2 heterocycles. The van der Waals surface area contributed by atoms with Crippen molar-refractivity contribution in [1.29, 1.82) is 0 Å². The van der Waals surface area contributed by atoms with Crippen LogP contribution in [0.3, 0.4) is 0 Å². The highest BCUT2D eigenvalue weighted by molar-refractivity contribution is 6.04. The highest BCUT2D eigenvalue weighted by Crippen LogP contribution is 2.25. The van der Waals surface area contributed by atoms with Crippen LogP contribution in [0.25, 0.3) is 10.9 Å². The molecule has 1 aliphatic rings. The number of amides is 3. The number of benzene rings is 3. The largest absolute Gasteiger partial charge is 0.361 e. The third-order valence-corrected chi connectivity index (χ3v) is 7.11. The smallest absolute Gasteiger partial charge is 0.255 e. The normalized spacial score (nSPS) is 14.0. The third-order valence-electron chi connectivity index (χ3n) is 7.11. The standard InChI is InChI=1S/C31H33N5O3/c1-31(2,32)30(39)35-27(17-22-18-33-26-11-7-6-10-25(22)26)29(38)36-15-14-20-12-13-24(16-23(20)19-36)34-28(37)21-8-4-3-5-9-21/h3-13,16,18,27,33H,14-15,17,19,32H2,1-2H3,(H,34,37)(H,35,39)/t27-/m1/s1. The summed E-state index contributed by atoms with van der Waals surface area (Å²) in [4.78, 5) is 44.4. The van der Waals surface area contributed by atoms with Gasteiger partial charge < -0.3 is 26.3 Å². The van der Waals surface area contributed by atoms with Crippen molar-refractivity contribution in [1.82, 2.24) is 15.2 Å². The lowest BCUT2D eigenvalue weighted by atomic mass is 9.96. The van der Waals surface area contributed by atoms with E-state index < -0.39 is 11.6 Å². The van der Waals surface area contributed by atoms with Crippen LogP contribution in [0.2, 0.25) is 0 Å². The van der Waals surface area contributed by atoms with E-state index in [2.05, 4.69) is 15.6 Å². The molecule has 1 aromatic heterocycles. The molecule has 0 fully saturated rings. The second-order valence-electron chi connectivity index (χ2n) is 10.6. The maximum Gasteiger partial charge on any atom is 0.255 e. The number of nitrogens with one attached hydrogen (secondary N) is 3. The first-order chi connectivity index (χ1) is 18.7. The van der Waals surface area contributed by atoms with E-state index in [0.29, 0.717) is 37.2 Å². The van der Waals surface area contributed by atoms with Gasteiger partial charge in [-0.3, -0.25) is 14.4 Å². The molecule has 3 aromatic carbocycles. The molecule has 1 aliphatic heterocycles. The maximum absolute atomic E-state index is 13.9. The van der Waals surface area contributed by atoms with Crippen LogP contribution in [-0.4, -0.2) is 45.7 Å². The van der Waals surface area contributed by atoms with Gasteiger partial charge in [-0.1, -0.05) is 42.5 Å². The fraction of sp³-hybridized carbons (Fsp3) is 0.258. The van der Waals surface area contributed by atoms with E-state index in [0.717, 1.165) is 27.6 Å². The van der Waals surface area contributed by atoms with Crippen LogP contribution in [0, 0.1) is 0 Å². The first kappa shape index (κ1) is 26.2. The number of anilines is 1. The van der Waals surface area contributed by atoms with Crippen molar-refractivity contribution in [3.63, 3.8) is 0 Å². The van der Waals surface area contributed by atoms with Gasteiger partial charge in [-0.2, -0.15) is 0 Å². The molecule has 8 heteroatoms. The number of carbonyl (C=O) groups excluding carboxylic acids is 3. The fourth-order valence-corrected chi connectivity index (χ4v) is 4.90. The van der Waals surface area contributed by atoms with Crippen molar-refractivity contribution in [2.24, 2.45) is 5.73 Å². The highest BCUT2D eigenvalue weighted by atomic mass is 16.2. The number of aromatic amines is 1. The van der Waals surface area contributed by atoms with Crippen LogP contribution >= 0.6 is 0 Å². The van der Waals surface area contributed by atoms with Crippen molar-refractivity contribution in [3.8, 4) is 0 Å². The number of H-pyrrole nitrogens is 1. The van der Waals surface area contributed by atoms with Crippen LogP contribution in [0.15, 0.2) is 79.0 Å². The predicted octanol–water partition coefficient (Wildman–Crippen LogP) is 3.77. The average Bonchev–Trinajstić information content (AvgIpc) is 3.34. The van der Waals surface area contributed by atoms with E-state index in [1.807, 2.05) is 66.9 Å². The molecule has 0 radical (unpaired) electrons. The lowest BCUT2D eigenvalue weighted by Gasteiger charge is -2.33. The monoisotopic (exact) mass is 523 g/mol. The number of hydrogen-bond acceptors (Lipinski definition) is 4. The molecule has 5 rings (SSSR count). The quantitative estimate of drug-likeness (QED) is 0.295. The number of rotatable bonds is 7. The second kappa shape index (κ2) is 10.7. The van der Waals surface area contributed by atoms with Crippen LogP contribution in [0.1, 0.15) is 40.9 Å². The van der Waals surface area contributed by atoms with Gasteiger partial charge in [0, 0.05) is 47.9 Å². The van der Waals surface area contributed by atoms with Crippen molar-refractivity contribution in [2.45, 2.75) is 44.8 Å². The summed E-state index contributed by atoms with van der Waals surface area (Å²) in [5.41, 5.74) is 10.2. The van der Waals surface area contributed by atoms with E-state index in [1.54, 1.807) is 30.9 Å². The Morgan fingerprint density at radius 2 is 1.74 bits per heavy atom. The minimum absolute atomic E-state index is 0.165. The molecule has 4 aromatic rings. The van der Waals surface area contributed by atoms with E-state index in [1.165, 1.54) is 0 Å². The van der Waals surface area contributed by atoms with Crippen molar-refractivity contribution < 1.29 is 14.4 Å². The minimum atomic E-state index is -1.13. The van der Waals surface area contributed by atoms with Crippen LogP contribution < -0.4 is 16.4 Å². The van der Waals surface area contributed by atoms with Crippen LogP contribution in [0.5, 0.6) is 0 Å². The van der Waals surface area contributed by atoms with E-state index in [4.69, 9.17) is 5.73 Å². The molecule has 8 nitrogen and oxygen atoms in total. The lowest BCUT2D eigenvalue weighted by molar-refractivity contribution is -0.138. The Balaban J connectivity index is 1.36. The lowest BCUT2D eigenvalue weighted by Crippen LogP contribution is -2.57. The Morgan fingerprint density at radius 3 is 2.51 bits per heavy atom. The van der Waals surface area contributed by atoms with Crippen molar-refractivity contribution >= 4 is 34.3 Å². The fourth-order valence-electron chi connectivity index (χ4n) is 4.90. The van der Waals surface area contributed by atoms with Crippen LogP contribution in [-0.2, 0) is 29.0 Å². The zero-order valence-corrected chi connectivity index (χ0v) is 22.2. The summed E-state index contributed by atoms with van der Waals surface area (Å²) in [6.07, 6.45) is 2.91. The zero-order chi connectivity index (χ0) is 27.6. The predicted molar refractivity (Wildman–Crippen MR) is 152 cm³/mol. The molecule has 0 saturated carbocycles. The van der Waals surface area contributed by atoms with Crippen LogP contribution in [0.4, 0.5) is 5.69 Å². The Labute approximate surface area is 227 Å². The molecule has 0 saturated heterocycles. The van der Waals surface area contributed by atoms with Gasteiger partial charge in [-0.15, -0.1) is 0 Å².